The maximum atomic E-state index is 13.1. The highest BCUT2D eigenvalue weighted by Gasteiger charge is 2.17. The first-order valence-corrected chi connectivity index (χ1v) is 10.6. The Morgan fingerprint density at radius 3 is 2.61 bits per heavy atom. The number of aromatic amines is 1. The maximum absolute atomic E-state index is 13.1. The third-order valence-electron chi connectivity index (χ3n) is 5.33. The summed E-state index contributed by atoms with van der Waals surface area (Å²) < 4.78 is 0. The normalized spacial score (nSPS) is 12.3. The summed E-state index contributed by atoms with van der Waals surface area (Å²) in [6.07, 6.45) is 0. The van der Waals surface area contributed by atoms with Crippen LogP contribution in [0.1, 0.15) is 27.7 Å². The number of likely N-dealkylation sites (N-methyl/N-ethyl adjacent to an activating group) is 1. The van der Waals surface area contributed by atoms with Crippen molar-refractivity contribution in [2.45, 2.75) is 17.9 Å². The number of nitrogens with zero attached hydrogens (tertiary/aromatic N) is 2. The molecular formula is C25H26N4OS. The number of aryl methyl sites for hydroxylation is 1. The standard InChI is InChI=1S/C25H26N4OS/c1-16-22-14-18(10-11-23(22)28-27-16)17-6-4-8-20(12-17)25(30)26-24(15-29(2)3)19-7-5-9-21(31)13-19/h4-14,24,31H,15H2,1-3H3,(H,26,30)(H,27,28). The molecule has 158 valence electrons. The average Bonchev–Trinajstić information content (AvgIpc) is 3.13. The molecule has 3 aromatic carbocycles. The second-order valence-electron chi connectivity index (χ2n) is 8.04. The SMILES string of the molecule is Cc1[nH]nc2ccc(-c3cccc(C(=O)NC(CN(C)C)c4cccc(S)c4)c3)cc12. The quantitative estimate of drug-likeness (QED) is 0.383. The Morgan fingerprint density at radius 2 is 1.84 bits per heavy atom. The lowest BCUT2D eigenvalue weighted by Crippen LogP contribution is -2.35. The van der Waals surface area contributed by atoms with E-state index in [-0.39, 0.29) is 11.9 Å². The van der Waals surface area contributed by atoms with Crippen LogP contribution >= 0.6 is 12.6 Å². The van der Waals surface area contributed by atoms with Crippen molar-refractivity contribution in [2.75, 3.05) is 20.6 Å². The van der Waals surface area contributed by atoms with Crippen LogP contribution in [0, 0.1) is 6.92 Å². The molecule has 0 saturated heterocycles. The van der Waals surface area contributed by atoms with Crippen LogP contribution in [-0.2, 0) is 0 Å². The predicted molar refractivity (Wildman–Crippen MR) is 129 cm³/mol. The Kier molecular flexibility index (Phi) is 6.11. The molecule has 0 bridgehead atoms. The molecule has 6 heteroatoms. The van der Waals surface area contributed by atoms with Gasteiger partial charge in [-0.25, -0.2) is 0 Å². The van der Waals surface area contributed by atoms with Crippen molar-refractivity contribution in [3.05, 3.63) is 83.6 Å². The van der Waals surface area contributed by atoms with Crippen molar-refractivity contribution < 1.29 is 4.79 Å². The van der Waals surface area contributed by atoms with Crippen molar-refractivity contribution in [3.8, 4) is 11.1 Å². The highest BCUT2D eigenvalue weighted by Crippen LogP contribution is 2.26. The minimum atomic E-state index is -0.136. The largest absolute Gasteiger partial charge is 0.344 e. The first kappa shape index (κ1) is 21.2. The Morgan fingerprint density at radius 1 is 1.06 bits per heavy atom. The fourth-order valence-electron chi connectivity index (χ4n) is 3.74. The summed E-state index contributed by atoms with van der Waals surface area (Å²) in [5.74, 6) is -0.0983. The summed E-state index contributed by atoms with van der Waals surface area (Å²) in [6, 6.07) is 21.6. The van der Waals surface area contributed by atoms with Gasteiger partial charge in [0, 0.05) is 28.1 Å². The zero-order chi connectivity index (χ0) is 22.0. The molecule has 5 nitrogen and oxygen atoms in total. The molecule has 0 spiro atoms. The number of H-pyrrole nitrogens is 1. The molecule has 0 aliphatic rings. The number of thiol groups is 1. The summed E-state index contributed by atoms with van der Waals surface area (Å²) in [5, 5.41) is 11.6. The van der Waals surface area contributed by atoms with Gasteiger partial charge >= 0.3 is 0 Å². The second kappa shape index (κ2) is 8.96. The fraction of sp³-hybridized carbons (Fsp3) is 0.200. The number of carbonyl (C=O) groups is 1. The lowest BCUT2D eigenvalue weighted by Gasteiger charge is -2.23. The van der Waals surface area contributed by atoms with E-state index < -0.39 is 0 Å². The van der Waals surface area contributed by atoms with E-state index in [9.17, 15) is 4.79 Å². The van der Waals surface area contributed by atoms with Gasteiger partial charge in [-0.2, -0.15) is 5.10 Å². The Hall–Kier alpha value is -3.09. The molecule has 4 aromatic rings. The van der Waals surface area contributed by atoms with E-state index in [4.69, 9.17) is 0 Å². The van der Waals surface area contributed by atoms with Gasteiger partial charge in [0.1, 0.15) is 0 Å². The molecule has 1 atom stereocenters. The highest BCUT2D eigenvalue weighted by molar-refractivity contribution is 7.80. The zero-order valence-electron chi connectivity index (χ0n) is 17.9. The molecule has 31 heavy (non-hydrogen) atoms. The molecule has 1 aromatic heterocycles. The number of rotatable bonds is 6. The van der Waals surface area contributed by atoms with Gasteiger partial charge in [-0.1, -0.05) is 30.3 Å². The first-order valence-electron chi connectivity index (χ1n) is 10.2. The zero-order valence-corrected chi connectivity index (χ0v) is 18.8. The molecule has 0 fully saturated rings. The monoisotopic (exact) mass is 430 g/mol. The molecular weight excluding hydrogens is 404 g/mol. The van der Waals surface area contributed by atoms with Gasteiger partial charge in [0.2, 0.25) is 0 Å². The van der Waals surface area contributed by atoms with Crippen LogP contribution in [-0.4, -0.2) is 41.6 Å². The van der Waals surface area contributed by atoms with Crippen molar-refractivity contribution in [1.29, 1.82) is 0 Å². The fourth-order valence-corrected chi connectivity index (χ4v) is 3.98. The molecule has 0 radical (unpaired) electrons. The van der Waals surface area contributed by atoms with Gasteiger partial charge in [-0.3, -0.25) is 9.89 Å². The van der Waals surface area contributed by atoms with Crippen molar-refractivity contribution >= 4 is 29.4 Å². The van der Waals surface area contributed by atoms with Crippen LogP contribution in [0.4, 0.5) is 0 Å². The van der Waals surface area contributed by atoms with Gasteiger partial charge in [-0.05, 0) is 74.1 Å². The molecule has 0 saturated carbocycles. The number of nitrogens with one attached hydrogen (secondary N) is 2. The van der Waals surface area contributed by atoms with E-state index >= 15 is 0 Å². The molecule has 0 aliphatic heterocycles. The summed E-state index contributed by atoms with van der Waals surface area (Å²) >= 11 is 4.45. The highest BCUT2D eigenvalue weighted by atomic mass is 32.1. The minimum absolute atomic E-state index is 0.0983. The molecule has 1 heterocycles. The first-order chi connectivity index (χ1) is 14.9. The second-order valence-corrected chi connectivity index (χ2v) is 8.56. The molecule has 1 amide bonds. The number of benzene rings is 3. The molecule has 0 aliphatic carbocycles. The van der Waals surface area contributed by atoms with Crippen LogP contribution < -0.4 is 5.32 Å². The Bertz CT molecular complexity index is 1230. The van der Waals surface area contributed by atoms with Crippen LogP contribution in [0.25, 0.3) is 22.0 Å². The number of hydrogen-bond donors (Lipinski definition) is 3. The van der Waals surface area contributed by atoms with E-state index in [1.165, 1.54) is 0 Å². The third-order valence-corrected chi connectivity index (χ3v) is 5.61. The van der Waals surface area contributed by atoms with Gasteiger partial charge < -0.3 is 10.2 Å². The maximum Gasteiger partial charge on any atom is 0.251 e. The van der Waals surface area contributed by atoms with E-state index in [2.05, 4.69) is 39.1 Å². The van der Waals surface area contributed by atoms with Gasteiger partial charge in [0.05, 0.1) is 11.6 Å². The van der Waals surface area contributed by atoms with E-state index in [0.29, 0.717) is 12.1 Å². The van der Waals surface area contributed by atoms with Gasteiger partial charge in [-0.15, -0.1) is 12.6 Å². The number of aromatic nitrogens is 2. The lowest BCUT2D eigenvalue weighted by atomic mass is 10.0. The summed E-state index contributed by atoms with van der Waals surface area (Å²) in [6.45, 7) is 2.70. The Labute approximate surface area is 187 Å². The number of amides is 1. The van der Waals surface area contributed by atoms with Gasteiger partial charge in [0.25, 0.3) is 5.91 Å². The number of fused-ring (bicyclic) bond motifs is 1. The molecule has 1 unspecified atom stereocenters. The van der Waals surface area contributed by atoms with Crippen LogP contribution in [0.3, 0.4) is 0 Å². The number of hydrogen-bond acceptors (Lipinski definition) is 4. The summed E-state index contributed by atoms with van der Waals surface area (Å²) in [7, 11) is 4.00. The third kappa shape index (κ3) is 4.81. The lowest BCUT2D eigenvalue weighted by molar-refractivity contribution is 0.0930. The Balaban J connectivity index is 1.61. The van der Waals surface area contributed by atoms with Gasteiger partial charge in [0.15, 0.2) is 0 Å². The van der Waals surface area contributed by atoms with Crippen LogP contribution in [0.15, 0.2) is 71.6 Å². The number of carbonyl (C=O) groups excluding carboxylic acids is 1. The smallest absolute Gasteiger partial charge is 0.251 e. The molecule has 2 N–H and O–H groups in total. The van der Waals surface area contributed by atoms with Crippen molar-refractivity contribution in [2.24, 2.45) is 0 Å². The van der Waals surface area contributed by atoms with Crippen molar-refractivity contribution in [1.82, 2.24) is 20.4 Å². The topological polar surface area (TPSA) is 61.0 Å². The van der Waals surface area contributed by atoms with Crippen LogP contribution in [0.5, 0.6) is 0 Å². The van der Waals surface area contributed by atoms with E-state index in [0.717, 1.165) is 38.2 Å². The molecule has 4 rings (SSSR count). The summed E-state index contributed by atoms with van der Waals surface area (Å²) in [4.78, 5) is 16.1. The summed E-state index contributed by atoms with van der Waals surface area (Å²) in [5.41, 5.74) is 5.69. The predicted octanol–water partition coefficient (Wildman–Crippen LogP) is 4.86. The minimum Gasteiger partial charge on any atom is -0.344 e. The van der Waals surface area contributed by atoms with Crippen LogP contribution in [0.2, 0.25) is 0 Å². The average molecular weight is 431 g/mol. The van der Waals surface area contributed by atoms with E-state index in [1.807, 2.05) is 81.7 Å². The van der Waals surface area contributed by atoms with E-state index in [1.54, 1.807) is 0 Å². The van der Waals surface area contributed by atoms with Crippen molar-refractivity contribution in [3.63, 3.8) is 0 Å².